The molecule has 156 valence electrons. The number of benzene rings is 2. The lowest BCUT2D eigenvalue weighted by Crippen LogP contribution is -2.27. The molecule has 1 aromatic heterocycles. The highest BCUT2D eigenvalue weighted by molar-refractivity contribution is 7.92. The van der Waals surface area contributed by atoms with Crippen molar-refractivity contribution in [3.05, 3.63) is 72.4 Å². The Morgan fingerprint density at radius 1 is 1.13 bits per heavy atom. The number of hydrogen-bond acceptors (Lipinski definition) is 4. The Kier molecular flexibility index (Phi) is 5.34. The summed E-state index contributed by atoms with van der Waals surface area (Å²) in [4.78, 5) is 12.9. The van der Waals surface area contributed by atoms with Crippen LogP contribution < -0.4 is 9.62 Å². The van der Waals surface area contributed by atoms with Gasteiger partial charge < -0.3 is 5.32 Å². The molecule has 1 aliphatic rings. The van der Waals surface area contributed by atoms with Gasteiger partial charge in [0.15, 0.2) is 0 Å². The van der Waals surface area contributed by atoms with Gasteiger partial charge in [-0.1, -0.05) is 24.3 Å². The molecule has 1 atom stereocenters. The molecule has 30 heavy (non-hydrogen) atoms. The number of para-hydroxylation sites is 1. The van der Waals surface area contributed by atoms with Gasteiger partial charge in [0.05, 0.1) is 22.8 Å². The third-order valence-corrected chi connectivity index (χ3v) is 7.26. The first-order valence-electron chi connectivity index (χ1n) is 9.87. The van der Waals surface area contributed by atoms with E-state index in [1.165, 1.54) is 36.3 Å². The number of nitrogens with zero attached hydrogens (tertiary/aromatic N) is 3. The molecule has 2 aromatic carbocycles. The molecule has 4 rings (SSSR count). The molecule has 3 aromatic rings. The second kappa shape index (κ2) is 7.95. The fraction of sp³-hybridized carbons (Fsp3) is 0.273. The fourth-order valence-electron chi connectivity index (χ4n) is 3.44. The van der Waals surface area contributed by atoms with Gasteiger partial charge in [-0.3, -0.25) is 9.10 Å². The molecule has 0 unspecified atom stereocenters. The van der Waals surface area contributed by atoms with Crippen LogP contribution in [0.1, 0.15) is 36.2 Å². The van der Waals surface area contributed by atoms with Gasteiger partial charge in [-0.05, 0) is 56.0 Å². The first-order chi connectivity index (χ1) is 14.4. The van der Waals surface area contributed by atoms with Crippen molar-refractivity contribution in [2.75, 3.05) is 16.7 Å². The van der Waals surface area contributed by atoms with E-state index in [-0.39, 0.29) is 22.4 Å². The molecule has 0 radical (unpaired) electrons. The zero-order valence-electron chi connectivity index (χ0n) is 16.9. The third kappa shape index (κ3) is 3.95. The average molecular weight is 425 g/mol. The SMILES string of the molecule is C[C@H](C1CC1)n1nccc1NC(=O)c1cccc(S(=O)(=O)N(C)c2ccccc2)c1. The van der Waals surface area contributed by atoms with E-state index >= 15 is 0 Å². The average Bonchev–Trinajstić information content (AvgIpc) is 3.52. The predicted octanol–water partition coefficient (Wildman–Crippen LogP) is 3.93. The zero-order chi connectivity index (χ0) is 21.3. The van der Waals surface area contributed by atoms with Crippen molar-refractivity contribution < 1.29 is 13.2 Å². The van der Waals surface area contributed by atoms with Gasteiger partial charge in [0.25, 0.3) is 15.9 Å². The number of anilines is 2. The monoisotopic (exact) mass is 424 g/mol. The van der Waals surface area contributed by atoms with Gasteiger partial charge in [-0.15, -0.1) is 0 Å². The minimum Gasteiger partial charge on any atom is -0.307 e. The molecule has 0 aliphatic heterocycles. The maximum Gasteiger partial charge on any atom is 0.264 e. The van der Waals surface area contributed by atoms with E-state index in [0.717, 1.165) is 0 Å². The normalized spacial score (nSPS) is 14.9. The van der Waals surface area contributed by atoms with Gasteiger partial charge in [0.2, 0.25) is 0 Å². The van der Waals surface area contributed by atoms with Crippen LogP contribution in [0.25, 0.3) is 0 Å². The van der Waals surface area contributed by atoms with Crippen molar-refractivity contribution in [3.8, 4) is 0 Å². The summed E-state index contributed by atoms with van der Waals surface area (Å²) < 4.78 is 29.1. The van der Waals surface area contributed by atoms with Crippen molar-refractivity contribution in [1.29, 1.82) is 0 Å². The molecule has 1 N–H and O–H groups in total. The van der Waals surface area contributed by atoms with Gasteiger partial charge >= 0.3 is 0 Å². The second-order valence-electron chi connectivity index (χ2n) is 7.53. The highest BCUT2D eigenvalue weighted by Crippen LogP contribution is 2.40. The van der Waals surface area contributed by atoms with Crippen molar-refractivity contribution in [3.63, 3.8) is 0 Å². The van der Waals surface area contributed by atoms with Gasteiger partial charge in [0, 0.05) is 18.7 Å². The number of sulfonamides is 1. The van der Waals surface area contributed by atoms with Crippen LogP contribution in [-0.4, -0.2) is 31.2 Å². The molecule has 1 aliphatic carbocycles. The Hall–Kier alpha value is -3.13. The van der Waals surface area contributed by atoms with Gasteiger partial charge in [0.1, 0.15) is 5.82 Å². The number of carbonyl (C=O) groups excluding carboxylic acids is 1. The van der Waals surface area contributed by atoms with E-state index in [2.05, 4.69) is 17.3 Å². The number of hydrogen-bond donors (Lipinski definition) is 1. The van der Waals surface area contributed by atoms with E-state index in [4.69, 9.17) is 0 Å². The summed E-state index contributed by atoms with van der Waals surface area (Å²) in [5, 5.41) is 7.20. The molecule has 0 bridgehead atoms. The lowest BCUT2D eigenvalue weighted by atomic mass is 10.2. The Balaban J connectivity index is 1.56. The van der Waals surface area contributed by atoms with Crippen LogP contribution in [0.3, 0.4) is 0 Å². The van der Waals surface area contributed by atoms with Crippen LogP contribution in [0.15, 0.2) is 71.8 Å². The van der Waals surface area contributed by atoms with Crippen molar-refractivity contribution in [2.45, 2.75) is 30.7 Å². The molecule has 1 saturated carbocycles. The van der Waals surface area contributed by atoms with Crippen LogP contribution in [-0.2, 0) is 10.0 Å². The number of amides is 1. The first kappa shape index (κ1) is 20.2. The lowest BCUT2D eigenvalue weighted by Gasteiger charge is -2.20. The molecule has 1 amide bonds. The van der Waals surface area contributed by atoms with Crippen LogP contribution in [0.2, 0.25) is 0 Å². The summed E-state index contributed by atoms with van der Waals surface area (Å²) in [6, 6.07) is 16.8. The van der Waals surface area contributed by atoms with Crippen LogP contribution in [0, 0.1) is 5.92 Å². The standard InChI is InChI=1S/C22H24N4O3S/c1-16(17-11-12-17)26-21(13-14-23-26)24-22(27)18-7-6-10-20(15-18)30(28,29)25(2)19-8-4-3-5-9-19/h3-10,13-17H,11-12H2,1-2H3,(H,24,27)/t16-/m1/s1. The molecular formula is C22H24N4O3S. The second-order valence-corrected chi connectivity index (χ2v) is 9.50. The molecule has 0 spiro atoms. The minimum atomic E-state index is -3.80. The van der Waals surface area contributed by atoms with Gasteiger partial charge in [-0.2, -0.15) is 5.10 Å². The lowest BCUT2D eigenvalue weighted by molar-refractivity contribution is 0.102. The highest BCUT2D eigenvalue weighted by atomic mass is 32.2. The summed E-state index contributed by atoms with van der Waals surface area (Å²) >= 11 is 0. The smallest absolute Gasteiger partial charge is 0.264 e. The Morgan fingerprint density at radius 3 is 2.57 bits per heavy atom. The summed E-state index contributed by atoms with van der Waals surface area (Å²) in [5.41, 5.74) is 0.815. The van der Waals surface area contributed by atoms with Crippen LogP contribution >= 0.6 is 0 Å². The van der Waals surface area contributed by atoms with Crippen molar-refractivity contribution in [1.82, 2.24) is 9.78 Å². The van der Waals surface area contributed by atoms with E-state index in [0.29, 0.717) is 17.4 Å². The van der Waals surface area contributed by atoms with Crippen molar-refractivity contribution >= 4 is 27.4 Å². The number of rotatable bonds is 7. The quantitative estimate of drug-likeness (QED) is 0.623. The van der Waals surface area contributed by atoms with E-state index in [1.54, 1.807) is 48.7 Å². The fourth-order valence-corrected chi connectivity index (χ4v) is 4.68. The number of nitrogens with one attached hydrogen (secondary N) is 1. The Labute approximate surface area is 176 Å². The predicted molar refractivity (Wildman–Crippen MR) is 116 cm³/mol. The Morgan fingerprint density at radius 2 is 1.87 bits per heavy atom. The summed E-state index contributed by atoms with van der Waals surface area (Å²) in [6.07, 6.45) is 4.00. The topological polar surface area (TPSA) is 84.3 Å². The highest BCUT2D eigenvalue weighted by Gasteiger charge is 2.31. The summed E-state index contributed by atoms with van der Waals surface area (Å²) in [5.74, 6) is 0.816. The van der Waals surface area contributed by atoms with Crippen LogP contribution in [0.5, 0.6) is 0 Å². The van der Waals surface area contributed by atoms with Crippen LogP contribution in [0.4, 0.5) is 11.5 Å². The van der Waals surface area contributed by atoms with Gasteiger partial charge in [-0.25, -0.2) is 13.1 Å². The molecule has 0 saturated heterocycles. The van der Waals surface area contributed by atoms with Crippen molar-refractivity contribution in [2.24, 2.45) is 5.92 Å². The number of carbonyl (C=O) groups is 1. The third-order valence-electron chi connectivity index (χ3n) is 5.48. The Bertz CT molecular complexity index is 1150. The maximum absolute atomic E-state index is 13.0. The minimum absolute atomic E-state index is 0.0568. The maximum atomic E-state index is 13.0. The van der Waals surface area contributed by atoms with E-state index in [9.17, 15) is 13.2 Å². The molecule has 1 fully saturated rings. The summed E-state index contributed by atoms with van der Waals surface area (Å²) in [7, 11) is -2.30. The number of aromatic nitrogens is 2. The molecule has 1 heterocycles. The summed E-state index contributed by atoms with van der Waals surface area (Å²) in [6.45, 7) is 2.09. The van der Waals surface area contributed by atoms with E-state index < -0.39 is 10.0 Å². The molecule has 7 nitrogen and oxygen atoms in total. The largest absolute Gasteiger partial charge is 0.307 e. The van der Waals surface area contributed by atoms with E-state index in [1.807, 2.05) is 10.7 Å². The molecule has 8 heteroatoms. The molecular weight excluding hydrogens is 400 g/mol. The first-order valence-corrected chi connectivity index (χ1v) is 11.3. The zero-order valence-corrected chi connectivity index (χ0v) is 17.7.